The molecule has 4 nitrogen and oxygen atoms in total. The van der Waals surface area contributed by atoms with Crippen LogP contribution in [-0.2, 0) is 14.4 Å². The van der Waals surface area contributed by atoms with Crippen LogP contribution in [0.4, 0.5) is 0 Å². The van der Waals surface area contributed by atoms with Crippen LogP contribution < -0.4 is 0 Å². The summed E-state index contributed by atoms with van der Waals surface area (Å²) in [6, 6.07) is 0. The molecule has 21 heavy (non-hydrogen) atoms. The number of rotatable bonds is 1. The minimum atomic E-state index is -0.797. The predicted molar refractivity (Wildman–Crippen MR) is 76.7 cm³/mol. The van der Waals surface area contributed by atoms with E-state index < -0.39 is 11.4 Å². The van der Waals surface area contributed by atoms with E-state index in [-0.39, 0.29) is 34.7 Å². The standard InChI is InChI=1S/C17H24O4/c1-16-6-3-7-17(2,15(20)21)14(16)9-13(19)11-8-10(18)4-5-12(11)16/h11-12,14H,3-9H2,1-2H3,(H,20,21)/t11-,12-,14+,16+,17+/m0/s1. The summed E-state index contributed by atoms with van der Waals surface area (Å²) in [5.41, 5.74) is -0.903. The Morgan fingerprint density at radius 2 is 1.90 bits per heavy atom. The first-order valence-corrected chi connectivity index (χ1v) is 8.07. The van der Waals surface area contributed by atoms with E-state index in [2.05, 4.69) is 6.92 Å². The van der Waals surface area contributed by atoms with Gasteiger partial charge in [0.05, 0.1) is 5.41 Å². The van der Waals surface area contributed by atoms with Gasteiger partial charge in [0, 0.05) is 25.2 Å². The van der Waals surface area contributed by atoms with Crippen LogP contribution in [0.1, 0.15) is 58.8 Å². The highest BCUT2D eigenvalue weighted by Crippen LogP contribution is 2.62. The van der Waals surface area contributed by atoms with E-state index in [1.54, 1.807) is 0 Å². The molecule has 0 heterocycles. The van der Waals surface area contributed by atoms with E-state index in [1.807, 2.05) is 6.92 Å². The molecule has 3 aliphatic carbocycles. The molecule has 4 heteroatoms. The Balaban J connectivity index is 2.01. The molecule has 0 unspecified atom stereocenters. The first-order valence-electron chi connectivity index (χ1n) is 8.07. The molecule has 3 rings (SSSR count). The van der Waals surface area contributed by atoms with Crippen molar-refractivity contribution in [2.24, 2.45) is 28.6 Å². The van der Waals surface area contributed by atoms with Crippen molar-refractivity contribution in [2.75, 3.05) is 0 Å². The number of ketones is 2. The predicted octanol–water partition coefficient (Wildman–Crippen LogP) is 2.84. The van der Waals surface area contributed by atoms with E-state index >= 15 is 0 Å². The zero-order valence-electron chi connectivity index (χ0n) is 12.9. The summed E-state index contributed by atoms with van der Waals surface area (Å²) in [7, 11) is 0. The quantitative estimate of drug-likeness (QED) is 0.806. The third-order valence-electron chi connectivity index (χ3n) is 6.80. The highest BCUT2D eigenvalue weighted by atomic mass is 16.4. The van der Waals surface area contributed by atoms with Crippen LogP contribution in [0.5, 0.6) is 0 Å². The van der Waals surface area contributed by atoms with Crippen LogP contribution in [0.3, 0.4) is 0 Å². The summed E-state index contributed by atoms with van der Waals surface area (Å²) in [5.74, 6) is -0.479. The van der Waals surface area contributed by atoms with E-state index in [0.29, 0.717) is 25.7 Å². The van der Waals surface area contributed by atoms with Crippen LogP contribution in [0.25, 0.3) is 0 Å². The Hall–Kier alpha value is -1.19. The maximum Gasteiger partial charge on any atom is 0.309 e. The summed E-state index contributed by atoms with van der Waals surface area (Å²) in [6.45, 7) is 4.00. The molecule has 0 aliphatic heterocycles. The second-order valence-electron chi connectivity index (χ2n) is 7.80. The minimum absolute atomic E-state index is 0.0850. The van der Waals surface area contributed by atoms with E-state index in [9.17, 15) is 19.5 Å². The number of carbonyl (C=O) groups is 3. The molecule has 0 saturated heterocycles. The van der Waals surface area contributed by atoms with Gasteiger partial charge in [-0.25, -0.2) is 0 Å². The number of aliphatic carboxylic acids is 1. The largest absolute Gasteiger partial charge is 0.481 e. The third-order valence-corrected chi connectivity index (χ3v) is 6.80. The topological polar surface area (TPSA) is 71.4 Å². The van der Waals surface area contributed by atoms with Crippen molar-refractivity contribution < 1.29 is 19.5 Å². The lowest BCUT2D eigenvalue weighted by Crippen LogP contribution is -2.58. The van der Waals surface area contributed by atoms with Gasteiger partial charge >= 0.3 is 5.97 Å². The van der Waals surface area contributed by atoms with E-state index in [0.717, 1.165) is 19.3 Å². The van der Waals surface area contributed by atoms with Gasteiger partial charge < -0.3 is 5.11 Å². The SMILES string of the molecule is C[C@]12CCC[C@@](C)(C(=O)O)[C@@H]1CC(=O)[C@H]1CC(=O)CC[C@@H]12. The van der Waals surface area contributed by atoms with Crippen LogP contribution in [0, 0.1) is 28.6 Å². The highest BCUT2D eigenvalue weighted by molar-refractivity contribution is 5.91. The number of fused-ring (bicyclic) bond motifs is 3. The zero-order chi connectivity index (χ0) is 15.4. The molecule has 0 bridgehead atoms. The molecule has 116 valence electrons. The van der Waals surface area contributed by atoms with E-state index in [4.69, 9.17) is 0 Å². The monoisotopic (exact) mass is 292 g/mol. The van der Waals surface area contributed by atoms with Crippen molar-refractivity contribution in [3.8, 4) is 0 Å². The first-order chi connectivity index (χ1) is 9.79. The summed E-state index contributed by atoms with van der Waals surface area (Å²) >= 11 is 0. The van der Waals surface area contributed by atoms with Gasteiger partial charge in [-0.15, -0.1) is 0 Å². The van der Waals surface area contributed by atoms with Gasteiger partial charge in [-0.2, -0.15) is 0 Å². The summed E-state index contributed by atoms with van der Waals surface area (Å²) in [6.07, 6.45) is 4.60. The summed E-state index contributed by atoms with van der Waals surface area (Å²) < 4.78 is 0. The van der Waals surface area contributed by atoms with Gasteiger partial charge in [0.25, 0.3) is 0 Å². The fourth-order valence-corrected chi connectivity index (χ4v) is 5.56. The van der Waals surface area contributed by atoms with Crippen molar-refractivity contribution in [2.45, 2.75) is 58.8 Å². The lowest BCUT2D eigenvalue weighted by atomic mass is 9.44. The molecule has 5 atom stereocenters. The molecule has 0 amide bonds. The van der Waals surface area contributed by atoms with Crippen LogP contribution in [0.2, 0.25) is 0 Å². The smallest absolute Gasteiger partial charge is 0.309 e. The highest BCUT2D eigenvalue weighted by Gasteiger charge is 2.61. The number of hydrogen-bond acceptors (Lipinski definition) is 3. The molecule has 0 radical (unpaired) electrons. The zero-order valence-corrected chi connectivity index (χ0v) is 12.9. The molecule has 0 aromatic heterocycles. The molecular formula is C17H24O4. The Kier molecular flexibility index (Phi) is 3.26. The Labute approximate surface area is 125 Å². The van der Waals surface area contributed by atoms with Crippen molar-refractivity contribution in [1.82, 2.24) is 0 Å². The fraction of sp³-hybridized carbons (Fsp3) is 0.824. The molecule has 0 aromatic carbocycles. The average molecular weight is 292 g/mol. The van der Waals surface area contributed by atoms with Gasteiger partial charge in [0.15, 0.2) is 0 Å². The molecule has 3 aliphatic rings. The van der Waals surface area contributed by atoms with Crippen molar-refractivity contribution >= 4 is 17.5 Å². The molecule has 3 fully saturated rings. The number of carboxylic acid groups (broad SMARTS) is 1. The second kappa shape index (κ2) is 4.65. The average Bonchev–Trinajstić information content (AvgIpc) is 2.41. The van der Waals surface area contributed by atoms with Gasteiger partial charge in [0.1, 0.15) is 11.6 Å². The Morgan fingerprint density at radius 3 is 2.57 bits per heavy atom. The van der Waals surface area contributed by atoms with Crippen molar-refractivity contribution in [3.05, 3.63) is 0 Å². The maximum atomic E-state index is 12.5. The number of hydrogen-bond donors (Lipinski definition) is 1. The molecular weight excluding hydrogens is 268 g/mol. The summed E-state index contributed by atoms with van der Waals surface area (Å²) in [4.78, 5) is 36.1. The normalized spacial score (nSPS) is 46.7. The van der Waals surface area contributed by atoms with Crippen LogP contribution in [-0.4, -0.2) is 22.6 Å². The molecule has 0 spiro atoms. The fourth-order valence-electron chi connectivity index (χ4n) is 5.56. The Bertz CT molecular complexity index is 511. The van der Waals surface area contributed by atoms with Gasteiger partial charge in [0.2, 0.25) is 0 Å². The van der Waals surface area contributed by atoms with Gasteiger partial charge in [-0.3, -0.25) is 14.4 Å². The number of carboxylic acids is 1. The van der Waals surface area contributed by atoms with Crippen LogP contribution >= 0.6 is 0 Å². The maximum absolute atomic E-state index is 12.5. The van der Waals surface area contributed by atoms with Crippen molar-refractivity contribution in [3.63, 3.8) is 0 Å². The van der Waals surface area contributed by atoms with E-state index in [1.165, 1.54) is 0 Å². The van der Waals surface area contributed by atoms with Crippen LogP contribution in [0.15, 0.2) is 0 Å². The van der Waals surface area contributed by atoms with Gasteiger partial charge in [-0.1, -0.05) is 13.3 Å². The molecule has 1 N–H and O–H groups in total. The summed E-state index contributed by atoms with van der Waals surface area (Å²) in [5, 5.41) is 9.71. The second-order valence-corrected chi connectivity index (χ2v) is 7.80. The van der Waals surface area contributed by atoms with Gasteiger partial charge in [-0.05, 0) is 43.4 Å². The lowest BCUT2D eigenvalue weighted by Gasteiger charge is -2.59. The molecule has 0 aromatic rings. The number of carbonyl (C=O) groups excluding carboxylic acids is 2. The molecule has 3 saturated carbocycles. The third kappa shape index (κ3) is 1.98. The minimum Gasteiger partial charge on any atom is -0.481 e. The lowest BCUT2D eigenvalue weighted by molar-refractivity contribution is -0.175. The first kappa shape index (κ1) is 14.7. The van der Waals surface area contributed by atoms with Crippen molar-refractivity contribution in [1.29, 1.82) is 0 Å². The Morgan fingerprint density at radius 1 is 1.19 bits per heavy atom. The number of Topliss-reactive ketones (excluding diaryl/α,β-unsaturated/α-hetero) is 2.